The first-order valence-electron chi connectivity index (χ1n) is 12.7. The van der Waals surface area contributed by atoms with Crippen LogP contribution >= 0.6 is 0 Å². The number of benzene rings is 3. The predicted molar refractivity (Wildman–Crippen MR) is 150 cm³/mol. The second-order valence-electron chi connectivity index (χ2n) is 9.40. The molecule has 11 nitrogen and oxygen atoms in total. The molecule has 212 valence electrons. The summed E-state index contributed by atoms with van der Waals surface area (Å²) in [5.74, 6) is -0.0213. The highest BCUT2D eigenvalue weighted by atomic mass is 32.2. The zero-order chi connectivity index (χ0) is 28.7. The maximum absolute atomic E-state index is 13.7. The van der Waals surface area contributed by atoms with E-state index in [0.717, 1.165) is 54.3 Å². The maximum Gasteiger partial charge on any atom is 0.273 e. The number of sulfonamides is 1. The van der Waals surface area contributed by atoms with Gasteiger partial charge in [-0.1, -0.05) is 30.3 Å². The van der Waals surface area contributed by atoms with Crippen molar-refractivity contribution in [2.75, 3.05) is 44.3 Å². The third-order valence-corrected chi connectivity index (χ3v) is 8.41. The minimum absolute atomic E-state index is 0.211. The van der Waals surface area contributed by atoms with E-state index in [4.69, 9.17) is 9.47 Å². The fourth-order valence-electron chi connectivity index (χ4n) is 4.30. The lowest BCUT2D eigenvalue weighted by molar-refractivity contribution is -0.385. The second-order valence-corrected chi connectivity index (χ2v) is 11.3. The maximum atomic E-state index is 13.7. The molecule has 1 aliphatic rings. The first-order valence-corrected chi connectivity index (χ1v) is 14.2. The van der Waals surface area contributed by atoms with Crippen molar-refractivity contribution in [2.45, 2.75) is 24.9 Å². The number of anilines is 1. The quantitative estimate of drug-likeness (QED) is 0.276. The Hall–Kier alpha value is -4.00. The number of methoxy groups -OCH3 is 1. The van der Waals surface area contributed by atoms with Crippen LogP contribution in [-0.2, 0) is 32.6 Å². The normalized spacial score (nSPS) is 13.9. The third kappa shape index (κ3) is 7.14. The molecule has 3 aromatic rings. The number of nitrogens with zero attached hydrogens (tertiary/aromatic N) is 3. The van der Waals surface area contributed by atoms with Crippen molar-refractivity contribution in [3.05, 3.63) is 93.5 Å². The number of carbonyl (C=O) groups excluding carboxylic acids is 1. The summed E-state index contributed by atoms with van der Waals surface area (Å²) in [5, 5.41) is 14.2. The Labute approximate surface area is 233 Å². The van der Waals surface area contributed by atoms with Crippen molar-refractivity contribution < 1.29 is 27.6 Å². The molecule has 0 unspecified atom stereocenters. The van der Waals surface area contributed by atoms with Crippen LogP contribution < -0.4 is 14.4 Å². The molecule has 1 heterocycles. The molecule has 0 aromatic heterocycles. The Morgan fingerprint density at radius 3 is 2.33 bits per heavy atom. The van der Waals surface area contributed by atoms with E-state index >= 15 is 0 Å². The minimum Gasteiger partial charge on any atom is -0.497 e. The number of morpholine rings is 1. The van der Waals surface area contributed by atoms with Crippen molar-refractivity contribution >= 4 is 27.3 Å². The smallest absolute Gasteiger partial charge is 0.273 e. The Morgan fingerprint density at radius 1 is 1.05 bits per heavy atom. The molecule has 1 amide bonds. The van der Waals surface area contributed by atoms with E-state index in [1.165, 1.54) is 38.3 Å². The number of nitro benzene ring substituents is 1. The lowest BCUT2D eigenvalue weighted by atomic mass is 10.1. The highest BCUT2D eigenvalue weighted by Crippen LogP contribution is 2.29. The number of hydrogen-bond donors (Lipinski definition) is 1. The van der Waals surface area contributed by atoms with Crippen LogP contribution in [0.15, 0.2) is 71.6 Å². The molecule has 1 N–H and O–H groups in total. The zero-order valence-electron chi connectivity index (χ0n) is 22.4. The van der Waals surface area contributed by atoms with Crippen LogP contribution in [0.5, 0.6) is 5.75 Å². The van der Waals surface area contributed by atoms with Gasteiger partial charge in [0.25, 0.3) is 15.7 Å². The predicted octanol–water partition coefficient (Wildman–Crippen LogP) is 3.26. The van der Waals surface area contributed by atoms with Crippen LogP contribution in [0.3, 0.4) is 0 Å². The standard InChI is InChI=1S/C28H32N4O7S/c1-21-3-12-26(17-27(21)32(34)35)40(36,37)31(24-8-10-25(38-2)11-9-24)20-28(33)29-18-22-4-6-23(7-5-22)19-30-13-15-39-16-14-30/h3-12,17H,13-16,18-20H2,1-2H3,(H,29,33). The van der Waals surface area contributed by atoms with Crippen LogP contribution in [0.4, 0.5) is 11.4 Å². The Balaban J connectivity index is 1.49. The summed E-state index contributed by atoms with van der Waals surface area (Å²) in [4.78, 5) is 25.8. The second kappa shape index (κ2) is 12.9. The Kier molecular flexibility index (Phi) is 9.35. The third-order valence-electron chi connectivity index (χ3n) is 6.64. The van der Waals surface area contributed by atoms with Gasteiger partial charge < -0.3 is 14.8 Å². The van der Waals surface area contributed by atoms with Gasteiger partial charge in [-0.3, -0.25) is 24.1 Å². The van der Waals surface area contributed by atoms with Gasteiger partial charge >= 0.3 is 0 Å². The van der Waals surface area contributed by atoms with Gasteiger partial charge in [0.15, 0.2) is 0 Å². The van der Waals surface area contributed by atoms with Gasteiger partial charge in [0, 0.05) is 37.8 Å². The summed E-state index contributed by atoms with van der Waals surface area (Å²) < 4.78 is 38.8. The van der Waals surface area contributed by atoms with Gasteiger partial charge in [-0.15, -0.1) is 0 Å². The SMILES string of the molecule is COc1ccc(N(CC(=O)NCc2ccc(CN3CCOCC3)cc2)S(=O)(=O)c2ccc(C)c([N+](=O)[O-])c2)cc1. The summed E-state index contributed by atoms with van der Waals surface area (Å²) in [6, 6.07) is 17.7. The summed E-state index contributed by atoms with van der Waals surface area (Å²) in [7, 11) is -2.85. The van der Waals surface area contributed by atoms with Gasteiger partial charge in [-0.25, -0.2) is 8.42 Å². The van der Waals surface area contributed by atoms with Gasteiger partial charge in [-0.2, -0.15) is 0 Å². The van der Waals surface area contributed by atoms with E-state index in [2.05, 4.69) is 10.2 Å². The summed E-state index contributed by atoms with van der Waals surface area (Å²) in [5.41, 5.74) is 2.24. The van der Waals surface area contributed by atoms with Crippen molar-refractivity contribution in [1.29, 1.82) is 0 Å². The average molecular weight is 569 g/mol. The number of rotatable bonds is 11. The van der Waals surface area contributed by atoms with Crippen molar-refractivity contribution in [1.82, 2.24) is 10.2 Å². The molecule has 3 aromatic carbocycles. The molecule has 0 saturated carbocycles. The Morgan fingerprint density at radius 2 is 1.70 bits per heavy atom. The van der Waals surface area contributed by atoms with E-state index in [1.807, 2.05) is 24.3 Å². The highest BCUT2D eigenvalue weighted by Gasteiger charge is 2.29. The highest BCUT2D eigenvalue weighted by molar-refractivity contribution is 7.92. The average Bonchev–Trinajstić information content (AvgIpc) is 2.96. The molecule has 0 spiro atoms. The summed E-state index contributed by atoms with van der Waals surface area (Å²) in [6.45, 7) is 5.28. The zero-order valence-corrected chi connectivity index (χ0v) is 23.2. The lowest BCUT2D eigenvalue weighted by Crippen LogP contribution is -2.40. The van der Waals surface area contributed by atoms with Gasteiger partial charge in [-0.05, 0) is 48.4 Å². The van der Waals surface area contributed by atoms with E-state index < -0.39 is 27.4 Å². The molecule has 0 radical (unpaired) electrons. The topological polar surface area (TPSA) is 131 Å². The largest absolute Gasteiger partial charge is 0.497 e. The molecule has 0 bridgehead atoms. The number of aryl methyl sites for hydroxylation is 1. The van der Waals surface area contributed by atoms with Crippen LogP contribution in [0.1, 0.15) is 16.7 Å². The number of nitrogens with one attached hydrogen (secondary N) is 1. The molecular weight excluding hydrogens is 536 g/mol. The van der Waals surface area contributed by atoms with Gasteiger partial charge in [0.2, 0.25) is 5.91 Å². The minimum atomic E-state index is -4.33. The first-order chi connectivity index (χ1) is 19.2. The first kappa shape index (κ1) is 29.0. The Bertz CT molecular complexity index is 1440. The fraction of sp³-hybridized carbons (Fsp3) is 0.321. The molecule has 0 atom stereocenters. The fourth-order valence-corrected chi connectivity index (χ4v) is 5.75. The van der Waals surface area contributed by atoms with Crippen LogP contribution in [0.25, 0.3) is 0 Å². The molecule has 1 aliphatic heterocycles. The number of carbonyl (C=O) groups is 1. The van der Waals surface area contributed by atoms with Crippen molar-refractivity contribution in [3.8, 4) is 5.75 Å². The van der Waals surface area contributed by atoms with Crippen molar-refractivity contribution in [2.24, 2.45) is 0 Å². The van der Waals surface area contributed by atoms with Crippen molar-refractivity contribution in [3.63, 3.8) is 0 Å². The number of amides is 1. The summed E-state index contributed by atoms with van der Waals surface area (Å²) in [6.07, 6.45) is 0. The molecule has 1 saturated heterocycles. The van der Waals surface area contributed by atoms with E-state index in [-0.39, 0.29) is 22.8 Å². The van der Waals surface area contributed by atoms with Crippen LogP contribution in [0.2, 0.25) is 0 Å². The van der Waals surface area contributed by atoms with E-state index in [0.29, 0.717) is 11.3 Å². The number of ether oxygens (including phenoxy) is 2. The number of nitro groups is 1. The summed E-state index contributed by atoms with van der Waals surface area (Å²) >= 11 is 0. The van der Waals surface area contributed by atoms with E-state index in [1.54, 1.807) is 12.1 Å². The van der Waals surface area contributed by atoms with Crippen LogP contribution in [-0.4, -0.2) is 64.1 Å². The van der Waals surface area contributed by atoms with Gasteiger partial charge in [0.05, 0.1) is 35.8 Å². The molecule has 12 heteroatoms. The lowest BCUT2D eigenvalue weighted by Gasteiger charge is -2.26. The molecule has 1 fully saturated rings. The molecular formula is C28H32N4O7S. The molecule has 4 rings (SSSR count). The molecule has 0 aliphatic carbocycles. The monoisotopic (exact) mass is 568 g/mol. The van der Waals surface area contributed by atoms with Gasteiger partial charge in [0.1, 0.15) is 12.3 Å². The van der Waals surface area contributed by atoms with E-state index in [9.17, 15) is 23.3 Å². The number of hydrogen-bond acceptors (Lipinski definition) is 8. The van der Waals surface area contributed by atoms with Crippen LogP contribution in [0, 0.1) is 17.0 Å². The molecule has 40 heavy (non-hydrogen) atoms.